The number of hydrogen-bond donors (Lipinski definition) is 1. The molecule has 2 aromatic rings. The molecule has 0 saturated heterocycles. The first-order valence-electron chi connectivity index (χ1n) is 6.81. The lowest BCUT2D eigenvalue weighted by atomic mass is 9.87. The van der Waals surface area contributed by atoms with Crippen LogP contribution in [0.4, 0.5) is 0 Å². The fourth-order valence-electron chi connectivity index (χ4n) is 2.71. The molecule has 19 heavy (non-hydrogen) atoms. The summed E-state index contributed by atoms with van der Waals surface area (Å²) in [6.07, 6.45) is 3.68. The van der Waals surface area contributed by atoms with Gasteiger partial charge in [0.05, 0.1) is 0 Å². The predicted octanol–water partition coefficient (Wildman–Crippen LogP) is 3.92. The van der Waals surface area contributed by atoms with Crippen molar-refractivity contribution in [1.82, 2.24) is 5.32 Å². The molecule has 1 unspecified atom stereocenters. The highest BCUT2D eigenvalue weighted by Crippen LogP contribution is 2.32. The van der Waals surface area contributed by atoms with Crippen molar-refractivity contribution in [3.63, 3.8) is 0 Å². The number of thiophene rings is 1. The van der Waals surface area contributed by atoms with Crippen LogP contribution in [0.1, 0.15) is 35.6 Å². The molecule has 1 aliphatic carbocycles. The molecule has 2 nitrogen and oxygen atoms in total. The largest absolute Gasteiger partial charge is 0.489 e. The minimum Gasteiger partial charge on any atom is -0.489 e. The van der Waals surface area contributed by atoms with Crippen LogP contribution in [-0.4, -0.2) is 7.05 Å². The van der Waals surface area contributed by atoms with Crippen molar-refractivity contribution in [2.75, 3.05) is 7.05 Å². The minimum absolute atomic E-state index is 0.480. The van der Waals surface area contributed by atoms with Crippen molar-refractivity contribution in [3.05, 3.63) is 51.7 Å². The average Bonchev–Trinajstić information content (AvgIpc) is 2.97. The number of benzene rings is 1. The molecule has 100 valence electrons. The lowest BCUT2D eigenvalue weighted by Crippen LogP contribution is -2.21. The van der Waals surface area contributed by atoms with Gasteiger partial charge in [-0.2, -0.15) is 11.3 Å². The normalized spacial score (nSPS) is 18.1. The van der Waals surface area contributed by atoms with E-state index >= 15 is 0 Å². The molecule has 0 saturated carbocycles. The van der Waals surface area contributed by atoms with Crippen LogP contribution >= 0.6 is 11.3 Å². The Morgan fingerprint density at radius 1 is 1.37 bits per heavy atom. The van der Waals surface area contributed by atoms with Gasteiger partial charge in [0.1, 0.15) is 12.4 Å². The molecular formula is C16H19NOS. The maximum absolute atomic E-state index is 5.89. The van der Waals surface area contributed by atoms with E-state index < -0.39 is 0 Å². The first-order chi connectivity index (χ1) is 9.36. The molecule has 1 aromatic heterocycles. The van der Waals surface area contributed by atoms with Crippen molar-refractivity contribution >= 4 is 11.3 Å². The van der Waals surface area contributed by atoms with Gasteiger partial charge in [0.25, 0.3) is 0 Å². The first kappa shape index (κ1) is 12.7. The van der Waals surface area contributed by atoms with Gasteiger partial charge in [-0.1, -0.05) is 6.07 Å². The summed E-state index contributed by atoms with van der Waals surface area (Å²) in [5.74, 6) is 0.979. The van der Waals surface area contributed by atoms with Gasteiger partial charge in [0, 0.05) is 6.04 Å². The maximum Gasteiger partial charge on any atom is 0.120 e. The highest BCUT2D eigenvalue weighted by molar-refractivity contribution is 7.07. The molecule has 1 aliphatic rings. The highest BCUT2D eigenvalue weighted by Gasteiger charge is 2.19. The molecule has 1 N–H and O–H groups in total. The SMILES string of the molecule is CNC1CCCc2ccc(OCc3ccsc3)cc21. The Morgan fingerprint density at radius 3 is 3.11 bits per heavy atom. The molecule has 1 aromatic carbocycles. The van der Waals surface area contributed by atoms with Crippen LogP contribution in [0.5, 0.6) is 5.75 Å². The summed E-state index contributed by atoms with van der Waals surface area (Å²) in [5.41, 5.74) is 4.12. The number of fused-ring (bicyclic) bond motifs is 1. The Labute approximate surface area is 118 Å². The van der Waals surface area contributed by atoms with Gasteiger partial charge in [-0.3, -0.25) is 0 Å². The summed E-state index contributed by atoms with van der Waals surface area (Å²) in [6, 6.07) is 9.13. The van der Waals surface area contributed by atoms with Crippen LogP contribution in [0.3, 0.4) is 0 Å². The molecule has 0 fully saturated rings. The van der Waals surface area contributed by atoms with Crippen LogP contribution in [0.2, 0.25) is 0 Å². The van der Waals surface area contributed by atoms with E-state index in [1.807, 2.05) is 7.05 Å². The van der Waals surface area contributed by atoms with Gasteiger partial charge in [-0.15, -0.1) is 0 Å². The number of hydrogen-bond acceptors (Lipinski definition) is 3. The summed E-state index contributed by atoms with van der Waals surface area (Å²) < 4.78 is 5.89. The van der Waals surface area contributed by atoms with Gasteiger partial charge in [0.2, 0.25) is 0 Å². The van der Waals surface area contributed by atoms with E-state index in [2.05, 4.69) is 40.3 Å². The van der Waals surface area contributed by atoms with Crippen molar-refractivity contribution in [2.24, 2.45) is 0 Å². The molecule has 3 rings (SSSR count). The van der Waals surface area contributed by atoms with Crippen LogP contribution in [0.25, 0.3) is 0 Å². The smallest absolute Gasteiger partial charge is 0.120 e. The fraction of sp³-hybridized carbons (Fsp3) is 0.375. The van der Waals surface area contributed by atoms with Gasteiger partial charge >= 0.3 is 0 Å². The van der Waals surface area contributed by atoms with E-state index in [9.17, 15) is 0 Å². The summed E-state index contributed by atoms with van der Waals surface area (Å²) in [7, 11) is 2.04. The lowest BCUT2D eigenvalue weighted by molar-refractivity contribution is 0.305. The third-order valence-corrected chi connectivity index (χ3v) is 4.50. The quantitative estimate of drug-likeness (QED) is 0.911. The highest BCUT2D eigenvalue weighted by atomic mass is 32.1. The molecule has 0 bridgehead atoms. The predicted molar refractivity (Wildman–Crippen MR) is 79.8 cm³/mol. The van der Waals surface area contributed by atoms with Crippen LogP contribution < -0.4 is 10.1 Å². The monoisotopic (exact) mass is 273 g/mol. The zero-order chi connectivity index (χ0) is 13.1. The Balaban J connectivity index is 1.76. The molecule has 0 spiro atoms. The Bertz CT molecular complexity index is 536. The zero-order valence-corrected chi connectivity index (χ0v) is 12.0. The van der Waals surface area contributed by atoms with E-state index in [-0.39, 0.29) is 0 Å². The second-order valence-electron chi connectivity index (χ2n) is 5.01. The fourth-order valence-corrected chi connectivity index (χ4v) is 3.36. The van der Waals surface area contributed by atoms with E-state index in [1.165, 1.54) is 36.0 Å². The first-order valence-corrected chi connectivity index (χ1v) is 7.75. The third-order valence-electron chi connectivity index (χ3n) is 3.77. The van der Waals surface area contributed by atoms with Crippen LogP contribution in [0.15, 0.2) is 35.0 Å². The average molecular weight is 273 g/mol. The number of nitrogens with one attached hydrogen (secondary N) is 1. The van der Waals surface area contributed by atoms with Crippen LogP contribution in [-0.2, 0) is 13.0 Å². The second kappa shape index (κ2) is 5.76. The molecule has 0 amide bonds. The van der Waals surface area contributed by atoms with Crippen molar-refractivity contribution < 1.29 is 4.74 Å². The molecule has 1 atom stereocenters. The molecular weight excluding hydrogens is 254 g/mol. The summed E-state index contributed by atoms with van der Waals surface area (Å²) >= 11 is 1.71. The van der Waals surface area contributed by atoms with E-state index in [4.69, 9.17) is 4.74 Å². The minimum atomic E-state index is 0.480. The van der Waals surface area contributed by atoms with Gasteiger partial charge in [-0.05, 0) is 72.0 Å². The molecule has 3 heteroatoms. The number of rotatable bonds is 4. The maximum atomic E-state index is 5.89. The van der Waals surface area contributed by atoms with Gasteiger partial charge in [0.15, 0.2) is 0 Å². The summed E-state index contributed by atoms with van der Waals surface area (Å²) in [5, 5.41) is 7.62. The van der Waals surface area contributed by atoms with Gasteiger partial charge < -0.3 is 10.1 Å². The Kier molecular flexibility index (Phi) is 3.85. The van der Waals surface area contributed by atoms with E-state index in [0.717, 1.165) is 5.75 Å². The van der Waals surface area contributed by atoms with Crippen molar-refractivity contribution in [1.29, 1.82) is 0 Å². The molecule has 1 heterocycles. The van der Waals surface area contributed by atoms with Crippen molar-refractivity contribution in [3.8, 4) is 5.75 Å². The van der Waals surface area contributed by atoms with Gasteiger partial charge in [-0.25, -0.2) is 0 Å². The molecule has 0 aliphatic heterocycles. The zero-order valence-electron chi connectivity index (χ0n) is 11.2. The van der Waals surface area contributed by atoms with Crippen LogP contribution in [0, 0.1) is 0 Å². The second-order valence-corrected chi connectivity index (χ2v) is 5.79. The number of aryl methyl sites for hydroxylation is 1. The summed E-state index contributed by atoms with van der Waals surface area (Å²) in [6.45, 7) is 0.659. The molecule has 0 radical (unpaired) electrons. The number of ether oxygens (including phenoxy) is 1. The third kappa shape index (κ3) is 2.82. The topological polar surface area (TPSA) is 21.3 Å². The Hall–Kier alpha value is -1.32. The Morgan fingerprint density at radius 2 is 2.32 bits per heavy atom. The standard InChI is InChI=1S/C16H19NOS/c1-17-16-4-2-3-13-5-6-14(9-15(13)16)18-10-12-7-8-19-11-12/h5-9,11,16-17H,2-4,10H2,1H3. The summed E-state index contributed by atoms with van der Waals surface area (Å²) in [4.78, 5) is 0. The van der Waals surface area contributed by atoms with E-state index in [0.29, 0.717) is 12.6 Å². The van der Waals surface area contributed by atoms with Crippen molar-refractivity contribution in [2.45, 2.75) is 31.9 Å². The lowest BCUT2D eigenvalue weighted by Gasteiger charge is -2.25. The van der Waals surface area contributed by atoms with E-state index in [1.54, 1.807) is 11.3 Å².